The fourth-order valence-corrected chi connectivity index (χ4v) is 1.99. The first kappa shape index (κ1) is 14.5. The molecular weight excluding hydrogens is 252 g/mol. The van der Waals surface area contributed by atoms with Crippen LogP contribution in [0.4, 0.5) is 6.01 Å². The van der Waals surface area contributed by atoms with Gasteiger partial charge in [0.15, 0.2) is 0 Å². The first-order chi connectivity index (χ1) is 9.70. The molecular formula is C15H22N4O. The highest BCUT2D eigenvalue weighted by atomic mass is 16.4. The van der Waals surface area contributed by atoms with E-state index in [1.165, 1.54) is 5.56 Å². The number of aromatic nitrogens is 2. The monoisotopic (exact) mass is 274 g/mol. The maximum Gasteiger partial charge on any atom is 0.317 e. The minimum atomic E-state index is 0.0868. The molecule has 5 nitrogen and oxygen atoms in total. The van der Waals surface area contributed by atoms with E-state index >= 15 is 0 Å². The summed E-state index contributed by atoms with van der Waals surface area (Å²) in [5.74, 6) is 0.633. The number of hydrogen-bond donors (Lipinski definition) is 1. The summed E-state index contributed by atoms with van der Waals surface area (Å²) in [6, 6.07) is 11.0. The zero-order valence-corrected chi connectivity index (χ0v) is 12.3. The lowest BCUT2D eigenvalue weighted by Crippen LogP contribution is -2.20. The van der Waals surface area contributed by atoms with Crippen LogP contribution in [0.3, 0.4) is 0 Å². The molecule has 1 heterocycles. The van der Waals surface area contributed by atoms with Gasteiger partial charge in [0.05, 0.1) is 6.04 Å². The second-order valence-corrected chi connectivity index (χ2v) is 4.86. The predicted molar refractivity (Wildman–Crippen MR) is 79.8 cm³/mol. The number of likely N-dealkylation sites (N-methyl/N-ethyl adjacent to an activating group) is 1. The maximum atomic E-state index is 5.69. The third kappa shape index (κ3) is 3.81. The van der Waals surface area contributed by atoms with Crippen molar-refractivity contribution in [3.63, 3.8) is 0 Å². The van der Waals surface area contributed by atoms with Gasteiger partial charge in [0, 0.05) is 13.6 Å². The summed E-state index contributed by atoms with van der Waals surface area (Å²) in [5.41, 5.74) is 1.31. The van der Waals surface area contributed by atoms with Crippen molar-refractivity contribution in [3.8, 4) is 0 Å². The highest BCUT2D eigenvalue weighted by molar-refractivity contribution is 5.24. The molecule has 20 heavy (non-hydrogen) atoms. The number of rotatable bonds is 7. The van der Waals surface area contributed by atoms with E-state index in [2.05, 4.69) is 46.7 Å². The lowest BCUT2D eigenvalue weighted by molar-refractivity contribution is 0.421. The van der Waals surface area contributed by atoms with Gasteiger partial charge in [0.25, 0.3) is 0 Å². The molecule has 2 aromatic rings. The molecule has 0 amide bonds. The van der Waals surface area contributed by atoms with Crippen molar-refractivity contribution in [2.45, 2.75) is 26.3 Å². The summed E-state index contributed by atoms with van der Waals surface area (Å²) in [5, 5.41) is 11.4. The van der Waals surface area contributed by atoms with Gasteiger partial charge in [-0.15, -0.1) is 5.10 Å². The van der Waals surface area contributed by atoms with Gasteiger partial charge in [-0.05, 0) is 25.5 Å². The zero-order chi connectivity index (χ0) is 14.4. The SMILES string of the molecule is CCNC(C)c1nnc(N(C)CCc2ccccc2)o1. The molecule has 0 saturated heterocycles. The summed E-state index contributed by atoms with van der Waals surface area (Å²) >= 11 is 0. The molecule has 0 aliphatic heterocycles. The normalized spacial score (nSPS) is 12.3. The van der Waals surface area contributed by atoms with E-state index in [9.17, 15) is 0 Å². The molecule has 0 fully saturated rings. The molecule has 0 saturated carbocycles. The average molecular weight is 274 g/mol. The molecule has 1 atom stereocenters. The van der Waals surface area contributed by atoms with E-state index in [1.54, 1.807) is 0 Å². The van der Waals surface area contributed by atoms with Gasteiger partial charge in [0.1, 0.15) is 0 Å². The van der Waals surface area contributed by atoms with Crippen molar-refractivity contribution >= 4 is 6.01 Å². The third-order valence-corrected chi connectivity index (χ3v) is 3.22. The summed E-state index contributed by atoms with van der Waals surface area (Å²) < 4.78 is 5.69. The molecule has 1 aromatic heterocycles. The molecule has 1 unspecified atom stereocenters. The van der Waals surface area contributed by atoms with Crippen molar-refractivity contribution in [1.82, 2.24) is 15.5 Å². The second kappa shape index (κ2) is 7.05. The summed E-state index contributed by atoms with van der Waals surface area (Å²) in [6.45, 7) is 5.80. The second-order valence-electron chi connectivity index (χ2n) is 4.86. The van der Waals surface area contributed by atoms with Crippen LogP contribution in [0, 0.1) is 0 Å². The van der Waals surface area contributed by atoms with Gasteiger partial charge in [-0.2, -0.15) is 0 Å². The third-order valence-electron chi connectivity index (χ3n) is 3.22. The van der Waals surface area contributed by atoms with Crippen LogP contribution in [0.1, 0.15) is 31.3 Å². The predicted octanol–water partition coefficient (Wildman–Crippen LogP) is 2.42. The van der Waals surface area contributed by atoms with Crippen LogP contribution in [0.25, 0.3) is 0 Å². The Balaban J connectivity index is 1.91. The summed E-state index contributed by atoms with van der Waals surface area (Å²) in [7, 11) is 1.97. The van der Waals surface area contributed by atoms with Crippen molar-refractivity contribution in [3.05, 3.63) is 41.8 Å². The average Bonchev–Trinajstić information content (AvgIpc) is 2.96. The topological polar surface area (TPSA) is 54.2 Å². The molecule has 5 heteroatoms. The molecule has 0 bridgehead atoms. The Hall–Kier alpha value is -1.88. The van der Waals surface area contributed by atoms with E-state index in [0.717, 1.165) is 19.5 Å². The fraction of sp³-hybridized carbons (Fsp3) is 0.467. The highest BCUT2D eigenvalue weighted by Crippen LogP contribution is 2.16. The van der Waals surface area contributed by atoms with E-state index < -0.39 is 0 Å². The first-order valence-corrected chi connectivity index (χ1v) is 7.02. The minimum Gasteiger partial charge on any atom is -0.406 e. The number of nitrogens with one attached hydrogen (secondary N) is 1. The lowest BCUT2D eigenvalue weighted by atomic mass is 10.1. The molecule has 1 N–H and O–H groups in total. The Morgan fingerprint density at radius 2 is 2.00 bits per heavy atom. The van der Waals surface area contributed by atoms with Crippen LogP contribution >= 0.6 is 0 Å². The standard InChI is InChI=1S/C15H22N4O/c1-4-16-12(2)14-17-18-15(20-14)19(3)11-10-13-8-6-5-7-9-13/h5-9,12,16H,4,10-11H2,1-3H3. The Kier molecular flexibility index (Phi) is 5.12. The van der Waals surface area contributed by atoms with Crippen molar-refractivity contribution < 1.29 is 4.42 Å². The Morgan fingerprint density at radius 3 is 2.70 bits per heavy atom. The van der Waals surface area contributed by atoms with E-state index in [1.807, 2.05) is 24.9 Å². The van der Waals surface area contributed by atoms with Crippen molar-refractivity contribution in [2.75, 3.05) is 25.0 Å². The van der Waals surface area contributed by atoms with E-state index in [4.69, 9.17) is 4.42 Å². The lowest BCUT2D eigenvalue weighted by Gasteiger charge is -2.13. The molecule has 108 valence electrons. The number of benzene rings is 1. The molecule has 2 rings (SSSR count). The first-order valence-electron chi connectivity index (χ1n) is 7.02. The molecule has 0 aliphatic carbocycles. The fourth-order valence-electron chi connectivity index (χ4n) is 1.99. The summed E-state index contributed by atoms with van der Waals surface area (Å²) in [6.07, 6.45) is 0.956. The molecule has 1 aromatic carbocycles. The quantitative estimate of drug-likeness (QED) is 0.840. The van der Waals surface area contributed by atoms with E-state index in [0.29, 0.717) is 11.9 Å². The van der Waals surface area contributed by atoms with E-state index in [-0.39, 0.29) is 6.04 Å². The molecule has 0 aliphatic rings. The van der Waals surface area contributed by atoms with Crippen LogP contribution in [-0.4, -0.2) is 30.3 Å². The number of hydrogen-bond acceptors (Lipinski definition) is 5. The highest BCUT2D eigenvalue weighted by Gasteiger charge is 2.15. The molecule has 0 radical (unpaired) electrons. The van der Waals surface area contributed by atoms with Crippen molar-refractivity contribution in [2.24, 2.45) is 0 Å². The van der Waals surface area contributed by atoms with Gasteiger partial charge in [0.2, 0.25) is 5.89 Å². The van der Waals surface area contributed by atoms with Crippen molar-refractivity contribution in [1.29, 1.82) is 0 Å². The van der Waals surface area contributed by atoms with Crippen LogP contribution in [0.15, 0.2) is 34.7 Å². The zero-order valence-electron chi connectivity index (χ0n) is 12.3. The van der Waals surface area contributed by atoms with Gasteiger partial charge < -0.3 is 14.6 Å². The summed E-state index contributed by atoms with van der Waals surface area (Å²) in [4.78, 5) is 1.99. The van der Waals surface area contributed by atoms with Crippen LogP contribution < -0.4 is 10.2 Å². The molecule has 0 spiro atoms. The Labute approximate surface area is 120 Å². The smallest absolute Gasteiger partial charge is 0.317 e. The van der Waals surface area contributed by atoms with Crippen LogP contribution in [0.5, 0.6) is 0 Å². The Bertz CT molecular complexity index is 512. The number of nitrogens with zero attached hydrogens (tertiary/aromatic N) is 3. The van der Waals surface area contributed by atoms with Gasteiger partial charge in [-0.25, -0.2) is 0 Å². The van der Waals surface area contributed by atoms with Gasteiger partial charge in [-0.1, -0.05) is 42.4 Å². The van der Waals surface area contributed by atoms with Crippen LogP contribution in [0.2, 0.25) is 0 Å². The van der Waals surface area contributed by atoms with Crippen LogP contribution in [-0.2, 0) is 6.42 Å². The number of anilines is 1. The Morgan fingerprint density at radius 1 is 1.25 bits per heavy atom. The van der Waals surface area contributed by atoms with Gasteiger partial charge >= 0.3 is 6.01 Å². The maximum absolute atomic E-state index is 5.69. The minimum absolute atomic E-state index is 0.0868. The largest absolute Gasteiger partial charge is 0.406 e. The van der Waals surface area contributed by atoms with Gasteiger partial charge in [-0.3, -0.25) is 0 Å².